The summed E-state index contributed by atoms with van der Waals surface area (Å²) >= 11 is 0. The second-order valence-electron chi connectivity index (χ2n) is 3.73. The van der Waals surface area contributed by atoms with Gasteiger partial charge in [0, 0.05) is 18.9 Å². The predicted octanol–water partition coefficient (Wildman–Crippen LogP) is 3.59. The molecule has 0 spiro atoms. The number of rotatable bonds is 1. The summed E-state index contributed by atoms with van der Waals surface area (Å²) in [5.41, 5.74) is 5.19. The van der Waals surface area contributed by atoms with E-state index in [0.29, 0.717) is 0 Å². The summed E-state index contributed by atoms with van der Waals surface area (Å²) in [5, 5.41) is 0. The van der Waals surface area contributed by atoms with Crippen molar-refractivity contribution in [1.82, 2.24) is 0 Å². The van der Waals surface area contributed by atoms with Crippen LogP contribution in [0.5, 0.6) is 0 Å². The first-order valence-corrected chi connectivity index (χ1v) is 4.89. The van der Waals surface area contributed by atoms with Crippen LogP contribution in [-0.2, 0) is 0 Å². The Bertz CT molecular complexity index is 369. The third-order valence-electron chi connectivity index (χ3n) is 2.44. The van der Waals surface area contributed by atoms with Crippen molar-refractivity contribution in [3.8, 4) is 11.1 Å². The Hall–Kier alpha value is -0.963. The van der Waals surface area contributed by atoms with E-state index >= 15 is 0 Å². The largest absolute Gasteiger partial charge is 0.0587 e. The van der Waals surface area contributed by atoms with Gasteiger partial charge in [-0.05, 0) is 25.0 Å². The van der Waals surface area contributed by atoms with Crippen molar-refractivity contribution in [3.05, 3.63) is 59.7 Å². The van der Waals surface area contributed by atoms with Crippen molar-refractivity contribution in [1.29, 1.82) is 0 Å². The summed E-state index contributed by atoms with van der Waals surface area (Å²) < 4.78 is 0. The minimum atomic E-state index is 0. The van der Waals surface area contributed by atoms with E-state index in [9.17, 15) is 0 Å². The van der Waals surface area contributed by atoms with Gasteiger partial charge in [0.15, 0.2) is 0 Å². The van der Waals surface area contributed by atoms with Crippen molar-refractivity contribution in [2.24, 2.45) is 0 Å². The average Bonchev–Trinajstić information content (AvgIpc) is 2.21. The van der Waals surface area contributed by atoms with Crippen LogP contribution in [0.4, 0.5) is 0 Å². The van der Waals surface area contributed by atoms with Crippen molar-refractivity contribution in [2.75, 3.05) is 0 Å². The first-order valence-electron chi connectivity index (χ1n) is 4.89. The van der Waals surface area contributed by atoms with E-state index in [1.54, 1.807) is 0 Å². The second kappa shape index (κ2) is 5.21. The standard InChI is InChI=1S/C14H14.Li/c1-11-3-7-13(8-4-11)14-9-5-12(2)6-10-14;/h3-10H,1-2H3;. The topological polar surface area (TPSA) is 0 Å². The Morgan fingerprint density at radius 3 is 1.07 bits per heavy atom. The molecule has 2 aromatic carbocycles. The molecule has 0 aromatic heterocycles. The molecule has 0 aliphatic rings. The van der Waals surface area contributed by atoms with E-state index in [1.807, 2.05) is 0 Å². The van der Waals surface area contributed by atoms with Crippen LogP contribution >= 0.6 is 0 Å². The molecule has 2 rings (SSSR count). The van der Waals surface area contributed by atoms with Crippen LogP contribution in [-0.4, -0.2) is 18.9 Å². The number of hydrogen-bond donors (Lipinski definition) is 0. The zero-order valence-corrected chi connectivity index (χ0v) is 9.62. The summed E-state index contributed by atoms with van der Waals surface area (Å²) in [5.74, 6) is 0. The van der Waals surface area contributed by atoms with Crippen molar-refractivity contribution < 1.29 is 0 Å². The van der Waals surface area contributed by atoms with Gasteiger partial charge in [0.25, 0.3) is 0 Å². The Labute approximate surface area is 104 Å². The molecule has 1 heteroatoms. The molecule has 1 radical (unpaired) electrons. The summed E-state index contributed by atoms with van der Waals surface area (Å²) in [6.07, 6.45) is 0. The molecule has 0 amide bonds. The maximum Gasteiger partial charge on any atom is 0 e. The molecule has 0 fully saturated rings. The van der Waals surface area contributed by atoms with Gasteiger partial charge in [0.05, 0.1) is 0 Å². The monoisotopic (exact) mass is 189 g/mol. The van der Waals surface area contributed by atoms with E-state index in [0.717, 1.165) is 0 Å². The van der Waals surface area contributed by atoms with Crippen LogP contribution < -0.4 is 0 Å². The van der Waals surface area contributed by atoms with E-state index in [1.165, 1.54) is 22.3 Å². The normalized spacial score (nSPS) is 9.47. The molecule has 0 unspecified atom stereocenters. The van der Waals surface area contributed by atoms with Gasteiger partial charge in [-0.15, -0.1) is 0 Å². The molecule has 2 aromatic rings. The molecule has 0 atom stereocenters. The Balaban J connectivity index is 0.00000112. The summed E-state index contributed by atoms with van der Waals surface area (Å²) in [7, 11) is 0. The first kappa shape index (κ1) is 12.1. The molecule has 0 saturated carbocycles. The van der Waals surface area contributed by atoms with Crippen molar-refractivity contribution >= 4 is 18.9 Å². The minimum Gasteiger partial charge on any atom is -0.0587 e. The summed E-state index contributed by atoms with van der Waals surface area (Å²) in [6, 6.07) is 17.3. The molecule has 0 aliphatic carbocycles. The van der Waals surface area contributed by atoms with Crippen LogP contribution in [0.3, 0.4) is 0 Å². The van der Waals surface area contributed by atoms with Crippen LogP contribution in [0.25, 0.3) is 11.1 Å². The molecule has 0 aliphatic heterocycles. The molecule has 0 N–H and O–H groups in total. The van der Waals surface area contributed by atoms with Gasteiger partial charge in [0.2, 0.25) is 0 Å². The SMILES string of the molecule is Cc1ccc(-c2ccc(C)cc2)cc1.[Li]. The van der Waals surface area contributed by atoms with Gasteiger partial charge in [-0.1, -0.05) is 59.7 Å². The van der Waals surface area contributed by atoms with E-state index in [-0.39, 0.29) is 18.9 Å². The fourth-order valence-corrected chi connectivity index (χ4v) is 1.49. The minimum absolute atomic E-state index is 0. The molecule has 0 nitrogen and oxygen atoms in total. The van der Waals surface area contributed by atoms with Gasteiger partial charge < -0.3 is 0 Å². The Morgan fingerprint density at radius 1 is 0.533 bits per heavy atom. The molecule has 71 valence electrons. The molecule has 0 saturated heterocycles. The van der Waals surface area contributed by atoms with Crippen molar-refractivity contribution in [2.45, 2.75) is 13.8 Å². The Morgan fingerprint density at radius 2 is 0.800 bits per heavy atom. The van der Waals surface area contributed by atoms with Gasteiger partial charge >= 0.3 is 0 Å². The maximum atomic E-state index is 2.17. The summed E-state index contributed by atoms with van der Waals surface area (Å²) in [4.78, 5) is 0. The smallest absolute Gasteiger partial charge is 0 e. The quantitative estimate of drug-likeness (QED) is 0.601. The van der Waals surface area contributed by atoms with E-state index in [2.05, 4.69) is 62.4 Å². The number of benzene rings is 2. The zero-order valence-electron chi connectivity index (χ0n) is 9.62. The Kier molecular flexibility index (Phi) is 4.21. The zero-order chi connectivity index (χ0) is 9.97. The van der Waals surface area contributed by atoms with Crippen LogP contribution in [0.2, 0.25) is 0 Å². The second-order valence-corrected chi connectivity index (χ2v) is 3.73. The van der Waals surface area contributed by atoms with Gasteiger partial charge in [-0.25, -0.2) is 0 Å². The predicted molar refractivity (Wildman–Crippen MR) is 67.1 cm³/mol. The van der Waals surface area contributed by atoms with Gasteiger partial charge in [-0.3, -0.25) is 0 Å². The average molecular weight is 189 g/mol. The first-order chi connectivity index (χ1) is 6.75. The molecular formula is C14H14Li. The van der Waals surface area contributed by atoms with Crippen LogP contribution in [0.15, 0.2) is 48.5 Å². The molecule has 15 heavy (non-hydrogen) atoms. The molecule has 0 bridgehead atoms. The van der Waals surface area contributed by atoms with Gasteiger partial charge in [0.1, 0.15) is 0 Å². The van der Waals surface area contributed by atoms with E-state index < -0.39 is 0 Å². The number of hydrogen-bond acceptors (Lipinski definition) is 0. The molecular weight excluding hydrogens is 175 g/mol. The van der Waals surface area contributed by atoms with Crippen LogP contribution in [0.1, 0.15) is 11.1 Å². The fourth-order valence-electron chi connectivity index (χ4n) is 1.49. The summed E-state index contributed by atoms with van der Waals surface area (Å²) in [6.45, 7) is 4.22. The third kappa shape index (κ3) is 2.99. The maximum absolute atomic E-state index is 2.17. The van der Waals surface area contributed by atoms with Crippen molar-refractivity contribution in [3.63, 3.8) is 0 Å². The van der Waals surface area contributed by atoms with Gasteiger partial charge in [-0.2, -0.15) is 0 Å². The third-order valence-corrected chi connectivity index (χ3v) is 2.44. The van der Waals surface area contributed by atoms with Crippen LogP contribution in [0, 0.1) is 13.8 Å². The van der Waals surface area contributed by atoms with E-state index in [4.69, 9.17) is 0 Å². The number of aryl methyl sites for hydroxylation is 2. The molecule has 0 heterocycles. The fraction of sp³-hybridized carbons (Fsp3) is 0.143.